The minimum atomic E-state index is -3.09. The van der Waals surface area contributed by atoms with Crippen molar-refractivity contribution < 1.29 is 8.42 Å². The smallest absolute Gasteiger partial charge is 0.178 e. The molecule has 0 bridgehead atoms. The summed E-state index contributed by atoms with van der Waals surface area (Å²) in [7, 11) is -3.09. The van der Waals surface area contributed by atoms with Gasteiger partial charge in [-0.3, -0.25) is 0 Å². The fourth-order valence-corrected chi connectivity index (χ4v) is 3.68. The van der Waals surface area contributed by atoms with E-state index in [4.69, 9.17) is 0 Å². The topological polar surface area (TPSA) is 34.1 Å². The monoisotopic (exact) mass is 268 g/mol. The van der Waals surface area contributed by atoms with E-state index in [1.807, 2.05) is 19.1 Å². The Kier molecular flexibility index (Phi) is 5.86. The molecular weight excluding hydrogens is 244 g/mol. The standard InChI is InChI=1S/C15H24O2S/c1-4-8-13(6-3)14-9-7-10-15(12-14)18(16,17)11-5-2/h7,9-10,12-13H,4-6,8,11H2,1-3H3. The van der Waals surface area contributed by atoms with Crippen LogP contribution >= 0.6 is 0 Å². The lowest BCUT2D eigenvalue weighted by molar-refractivity contribution is 0.587. The Morgan fingerprint density at radius 2 is 1.83 bits per heavy atom. The van der Waals surface area contributed by atoms with E-state index in [9.17, 15) is 8.42 Å². The Morgan fingerprint density at radius 1 is 1.11 bits per heavy atom. The number of sulfone groups is 1. The van der Waals surface area contributed by atoms with Crippen molar-refractivity contribution in [3.8, 4) is 0 Å². The molecular formula is C15H24O2S. The molecule has 1 rings (SSSR count). The van der Waals surface area contributed by atoms with E-state index in [-0.39, 0.29) is 5.75 Å². The van der Waals surface area contributed by atoms with Gasteiger partial charge in [0.15, 0.2) is 9.84 Å². The van der Waals surface area contributed by atoms with Crippen LogP contribution in [-0.2, 0) is 9.84 Å². The van der Waals surface area contributed by atoms with Gasteiger partial charge in [-0.05, 0) is 42.9 Å². The van der Waals surface area contributed by atoms with Gasteiger partial charge in [0.2, 0.25) is 0 Å². The molecule has 1 unspecified atom stereocenters. The van der Waals surface area contributed by atoms with Crippen LogP contribution in [-0.4, -0.2) is 14.2 Å². The largest absolute Gasteiger partial charge is 0.224 e. The van der Waals surface area contributed by atoms with E-state index in [1.165, 1.54) is 0 Å². The van der Waals surface area contributed by atoms with Crippen molar-refractivity contribution in [2.24, 2.45) is 0 Å². The highest BCUT2D eigenvalue weighted by molar-refractivity contribution is 7.91. The first kappa shape index (κ1) is 15.2. The minimum absolute atomic E-state index is 0.237. The van der Waals surface area contributed by atoms with Crippen LogP contribution in [0.5, 0.6) is 0 Å². The zero-order valence-electron chi connectivity index (χ0n) is 11.6. The molecule has 102 valence electrons. The third-order valence-electron chi connectivity index (χ3n) is 3.29. The quantitative estimate of drug-likeness (QED) is 0.744. The van der Waals surface area contributed by atoms with Crippen molar-refractivity contribution in [1.29, 1.82) is 0 Å². The molecule has 0 saturated heterocycles. The molecule has 3 heteroatoms. The lowest BCUT2D eigenvalue weighted by atomic mass is 9.92. The van der Waals surface area contributed by atoms with E-state index in [1.54, 1.807) is 6.07 Å². The summed E-state index contributed by atoms with van der Waals surface area (Å²) in [6.45, 7) is 6.22. The van der Waals surface area contributed by atoms with E-state index in [2.05, 4.69) is 19.9 Å². The molecule has 1 aromatic rings. The maximum absolute atomic E-state index is 12.1. The van der Waals surface area contributed by atoms with E-state index >= 15 is 0 Å². The Hall–Kier alpha value is -0.830. The molecule has 18 heavy (non-hydrogen) atoms. The highest BCUT2D eigenvalue weighted by Gasteiger charge is 2.15. The zero-order chi connectivity index (χ0) is 13.6. The third-order valence-corrected chi connectivity index (χ3v) is 5.21. The number of benzene rings is 1. The van der Waals surface area contributed by atoms with Crippen LogP contribution in [0.2, 0.25) is 0 Å². The van der Waals surface area contributed by atoms with Crippen molar-refractivity contribution >= 4 is 9.84 Å². The molecule has 0 fully saturated rings. The Morgan fingerprint density at radius 3 is 2.39 bits per heavy atom. The van der Waals surface area contributed by atoms with Crippen molar-refractivity contribution in [1.82, 2.24) is 0 Å². The molecule has 0 spiro atoms. The minimum Gasteiger partial charge on any atom is -0.224 e. The molecule has 0 aliphatic heterocycles. The maximum Gasteiger partial charge on any atom is 0.178 e. The van der Waals surface area contributed by atoms with Gasteiger partial charge in [0.25, 0.3) is 0 Å². The van der Waals surface area contributed by atoms with Crippen molar-refractivity contribution in [2.45, 2.75) is 57.3 Å². The summed E-state index contributed by atoms with van der Waals surface area (Å²) < 4.78 is 24.1. The lowest BCUT2D eigenvalue weighted by Gasteiger charge is -2.15. The first-order valence-corrected chi connectivity index (χ1v) is 8.53. The normalized spacial score (nSPS) is 13.5. The predicted molar refractivity (Wildman–Crippen MR) is 76.7 cm³/mol. The molecule has 0 N–H and O–H groups in total. The fourth-order valence-electron chi connectivity index (χ4n) is 2.30. The molecule has 1 aromatic carbocycles. The Labute approximate surface area is 111 Å². The fraction of sp³-hybridized carbons (Fsp3) is 0.600. The summed E-state index contributed by atoms with van der Waals surface area (Å²) in [4.78, 5) is 0.483. The van der Waals surface area contributed by atoms with E-state index in [0.717, 1.165) is 24.8 Å². The van der Waals surface area contributed by atoms with Gasteiger partial charge in [-0.2, -0.15) is 0 Å². The second-order valence-corrected chi connectivity index (χ2v) is 6.89. The molecule has 1 atom stereocenters. The van der Waals surface area contributed by atoms with Crippen LogP contribution < -0.4 is 0 Å². The molecule has 0 saturated carbocycles. The van der Waals surface area contributed by atoms with Crippen LogP contribution in [0.15, 0.2) is 29.2 Å². The Bertz CT molecular complexity index is 463. The van der Waals surface area contributed by atoms with Gasteiger partial charge in [-0.25, -0.2) is 8.42 Å². The number of hydrogen-bond donors (Lipinski definition) is 0. The Balaban J connectivity index is 3.05. The molecule has 0 aliphatic rings. The maximum atomic E-state index is 12.1. The summed E-state index contributed by atoms with van der Waals surface area (Å²) in [5.74, 6) is 0.716. The van der Waals surface area contributed by atoms with Crippen LogP contribution in [0.3, 0.4) is 0 Å². The second-order valence-electron chi connectivity index (χ2n) is 4.79. The zero-order valence-corrected chi connectivity index (χ0v) is 12.5. The highest BCUT2D eigenvalue weighted by atomic mass is 32.2. The molecule has 0 aliphatic carbocycles. The summed E-state index contributed by atoms with van der Waals surface area (Å²) in [6, 6.07) is 7.51. The molecule has 2 nitrogen and oxygen atoms in total. The SMILES string of the molecule is CCCC(CC)c1cccc(S(=O)(=O)CCC)c1. The van der Waals surface area contributed by atoms with Crippen LogP contribution in [0.25, 0.3) is 0 Å². The highest BCUT2D eigenvalue weighted by Crippen LogP contribution is 2.26. The predicted octanol–water partition coefficient (Wildman–Crippen LogP) is 4.16. The summed E-state index contributed by atoms with van der Waals surface area (Å²) in [5.41, 5.74) is 1.16. The van der Waals surface area contributed by atoms with Crippen LogP contribution in [0.4, 0.5) is 0 Å². The second kappa shape index (κ2) is 6.93. The van der Waals surface area contributed by atoms with Gasteiger partial charge >= 0.3 is 0 Å². The van der Waals surface area contributed by atoms with Gasteiger partial charge in [-0.15, -0.1) is 0 Å². The number of hydrogen-bond acceptors (Lipinski definition) is 2. The van der Waals surface area contributed by atoms with E-state index < -0.39 is 9.84 Å². The summed E-state index contributed by atoms with van der Waals surface area (Å²) in [6.07, 6.45) is 3.97. The van der Waals surface area contributed by atoms with E-state index in [0.29, 0.717) is 17.2 Å². The van der Waals surface area contributed by atoms with Gasteiger partial charge in [0.05, 0.1) is 10.6 Å². The van der Waals surface area contributed by atoms with Crippen LogP contribution in [0.1, 0.15) is 57.9 Å². The summed E-state index contributed by atoms with van der Waals surface area (Å²) in [5, 5.41) is 0. The molecule has 0 aromatic heterocycles. The molecule has 0 heterocycles. The number of rotatable bonds is 7. The van der Waals surface area contributed by atoms with Gasteiger partial charge in [0, 0.05) is 0 Å². The first-order chi connectivity index (χ1) is 8.55. The van der Waals surface area contributed by atoms with Crippen molar-refractivity contribution in [3.63, 3.8) is 0 Å². The van der Waals surface area contributed by atoms with Gasteiger partial charge in [0.1, 0.15) is 0 Å². The summed E-state index contributed by atoms with van der Waals surface area (Å²) >= 11 is 0. The lowest BCUT2D eigenvalue weighted by Crippen LogP contribution is -2.07. The first-order valence-electron chi connectivity index (χ1n) is 6.87. The van der Waals surface area contributed by atoms with Gasteiger partial charge < -0.3 is 0 Å². The molecule has 0 radical (unpaired) electrons. The average molecular weight is 268 g/mol. The molecule has 0 amide bonds. The average Bonchev–Trinajstić information content (AvgIpc) is 2.36. The van der Waals surface area contributed by atoms with Crippen molar-refractivity contribution in [3.05, 3.63) is 29.8 Å². The van der Waals surface area contributed by atoms with Gasteiger partial charge in [-0.1, -0.05) is 39.3 Å². The third kappa shape index (κ3) is 3.84. The van der Waals surface area contributed by atoms with Crippen LogP contribution in [0, 0.1) is 0 Å². The van der Waals surface area contributed by atoms with Crippen molar-refractivity contribution in [2.75, 3.05) is 5.75 Å².